The number of halogens is 3. The van der Waals surface area contributed by atoms with Crippen molar-refractivity contribution in [3.05, 3.63) is 105 Å². The van der Waals surface area contributed by atoms with Gasteiger partial charge in [-0.1, -0.05) is 71.7 Å². The van der Waals surface area contributed by atoms with Crippen LogP contribution in [0.2, 0.25) is 10.0 Å². The van der Waals surface area contributed by atoms with E-state index >= 15 is 0 Å². The maximum atomic E-state index is 13.6. The van der Waals surface area contributed by atoms with Crippen molar-refractivity contribution in [2.24, 2.45) is 0 Å². The molecule has 0 aliphatic rings. The number of carbonyl (C=O) groups excluding carboxylic acids is 2. The fourth-order valence-electron chi connectivity index (χ4n) is 3.65. The average Bonchev–Trinajstić information content (AvgIpc) is 2.79. The fourth-order valence-corrected chi connectivity index (χ4v) is 4.11. The molecule has 0 aliphatic carbocycles. The van der Waals surface area contributed by atoms with Crippen molar-refractivity contribution in [2.75, 3.05) is 0 Å². The van der Waals surface area contributed by atoms with Gasteiger partial charge in [-0.05, 0) is 54.8 Å². The second-order valence-corrected chi connectivity index (χ2v) is 9.27. The summed E-state index contributed by atoms with van der Waals surface area (Å²) in [5.41, 5.74) is 2.25. The third-order valence-corrected chi connectivity index (χ3v) is 5.91. The summed E-state index contributed by atoms with van der Waals surface area (Å²) in [6.07, 6.45) is 0.353. The highest BCUT2D eigenvalue weighted by Gasteiger charge is 2.31. The van der Waals surface area contributed by atoms with Gasteiger partial charge in [0.15, 0.2) is 0 Å². The molecule has 0 fully saturated rings. The lowest BCUT2D eigenvalue weighted by Crippen LogP contribution is -2.52. The number of benzene rings is 3. The molecule has 0 radical (unpaired) electrons. The Labute approximate surface area is 209 Å². The molecular weight excluding hydrogens is 474 g/mol. The van der Waals surface area contributed by atoms with Gasteiger partial charge in [0.2, 0.25) is 11.8 Å². The summed E-state index contributed by atoms with van der Waals surface area (Å²) < 4.78 is 13.4. The van der Waals surface area contributed by atoms with Crippen LogP contribution in [0.1, 0.15) is 30.5 Å². The maximum absolute atomic E-state index is 13.6. The van der Waals surface area contributed by atoms with Crippen molar-refractivity contribution in [2.45, 2.75) is 45.3 Å². The molecule has 3 rings (SSSR count). The number of rotatable bonds is 9. The molecule has 0 aromatic heterocycles. The van der Waals surface area contributed by atoms with Crippen LogP contribution >= 0.6 is 23.2 Å². The minimum absolute atomic E-state index is 0.0196. The van der Waals surface area contributed by atoms with Crippen LogP contribution in [0.4, 0.5) is 4.39 Å². The van der Waals surface area contributed by atoms with Gasteiger partial charge in [0.05, 0.1) is 6.42 Å². The summed E-state index contributed by atoms with van der Waals surface area (Å²) in [7, 11) is 0. The number of carbonyl (C=O) groups is 2. The first kappa shape index (κ1) is 25.7. The van der Waals surface area contributed by atoms with Gasteiger partial charge < -0.3 is 10.2 Å². The second kappa shape index (κ2) is 12.0. The highest BCUT2D eigenvalue weighted by molar-refractivity contribution is 6.35. The molecule has 0 saturated carbocycles. The van der Waals surface area contributed by atoms with Gasteiger partial charge in [0.25, 0.3) is 0 Å². The summed E-state index contributed by atoms with van der Waals surface area (Å²) in [4.78, 5) is 28.5. The molecule has 178 valence electrons. The first-order valence-corrected chi connectivity index (χ1v) is 11.8. The lowest BCUT2D eigenvalue weighted by Gasteiger charge is -2.32. The van der Waals surface area contributed by atoms with E-state index in [4.69, 9.17) is 23.2 Å². The van der Waals surface area contributed by atoms with E-state index < -0.39 is 6.04 Å². The van der Waals surface area contributed by atoms with Gasteiger partial charge in [-0.15, -0.1) is 0 Å². The van der Waals surface area contributed by atoms with Gasteiger partial charge in [0.1, 0.15) is 11.9 Å². The van der Waals surface area contributed by atoms with E-state index in [0.29, 0.717) is 27.6 Å². The van der Waals surface area contributed by atoms with E-state index in [2.05, 4.69) is 5.32 Å². The lowest BCUT2D eigenvalue weighted by molar-refractivity contribution is -0.141. The summed E-state index contributed by atoms with van der Waals surface area (Å²) in [5.74, 6) is -0.895. The molecule has 0 heterocycles. The Morgan fingerprint density at radius 2 is 1.62 bits per heavy atom. The van der Waals surface area contributed by atoms with Crippen LogP contribution in [0.5, 0.6) is 0 Å². The number of hydrogen-bond donors (Lipinski definition) is 1. The predicted molar refractivity (Wildman–Crippen MR) is 134 cm³/mol. The van der Waals surface area contributed by atoms with Crippen LogP contribution in [-0.4, -0.2) is 28.8 Å². The van der Waals surface area contributed by atoms with Crippen molar-refractivity contribution < 1.29 is 14.0 Å². The number of hydrogen-bond acceptors (Lipinski definition) is 2. The summed E-state index contributed by atoms with van der Waals surface area (Å²) in [5, 5.41) is 3.84. The van der Waals surface area contributed by atoms with Crippen LogP contribution in [0.25, 0.3) is 0 Å². The van der Waals surface area contributed by atoms with Crippen LogP contribution in [-0.2, 0) is 29.0 Å². The van der Waals surface area contributed by atoms with E-state index in [1.807, 2.05) is 44.2 Å². The van der Waals surface area contributed by atoms with Crippen LogP contribution in [0.15, 0.2) is 72.8 Å². The molecule has 0 bridgehead atoms. The standard InChI is InChI=1S/C27H27Cl2FN2O2/c1-18(2)31-27(34)25(14-19-6-4-3-5-7-19)32(17-21-10-11-22(28)16-24(21)29)26(33)15-20-8-12-23(30)13-9-20/h3-13,16,18,25H,14-15,17H2,1-2H3,(H,31,34)/t25-/m0/s1. The van der Waals surface area contributed by atoms with E-state index in [9.17, 15) is 14.0 Å². The Morgan fingerprint density at radius 1 is 0.941 bits per heavy atom. The maximum Gasteiger partial charge on any atom is 0.243 e. The zero-order chi connectivity index (χ0) is 24.7. The SMILES string of the molecule is CC(C)NC(=O)[C@H](Cc1ccccc1)N(Cc1ccc(Cl)cc1Cl)C(=O)Cc1ccc(F)cc1. The first-order chi connectivity index (χ1) is 16.2. The molecule has 4 nitrogen and oxygen atoms in total. The smallest absolute Gasteiger partial charge is 0.243 e. The Hall–Kier alpha value is -2.89. The molecule has 0 unspecified atom stereocenters. The summed E-state index contributed by atoms with van der Waals surface area (Å²) >= 11 is 12.5. The third kappa shape index (κ3) is 7.31. The zero-order valence-corrected chi connectivity index (χ0v) is 20.6. The Kier molecular flexibility index (Phi) is 9.08. The number of nitrogens with zero attached hydrogens (tertiary/aromatic N) is 1. The van der Waals surface area contributed by atoms with E-state index in [-0.39, 0.29) is 36.6 Å². The molecular formula is C27H27Cl2FN2O2. The quantitative estimate of drug-likeness (QED) is 0.401. The van der Waals surface area contributed by atoms with Crippen molar-refractivity contribution in [1.82, 2.24) is 10.2 Å². The highest BCUT2D eigenvalue weighted by atomic mass is 35.5. The zero-order valence-electron chi connectivity index (χ0n) is 19.1. The molecule has 2 amide bonds. The second-order valence-electron chi connectivity index (χ2n) is 8.43. The first-order valence-electron chi connectivity index (χ1n) is 11.0. The summed E-state index contributed by atoms with van der Waals surface area (Å²) in [6, 6.07) is 19.5. The molecule has 3 aromatic rings. The topological polar surface area (TPSA) is 49.4 Å². The monoisotopic (exact) mass is 500 g/mol. The van der Waals surface area contributed by atoms with Crippen molar-refractivity contribution in [3.63, 3.8) is 0 Å². The van der Waals surface area contributed by atoms with E-state index in [1.54, 1.807) is 35.2 Å². The lowest BCUT2D eigenvalue weighted by atomic mass is 10.0. The van der Waals surface area contributed by atoms with Gasteiger partial charge in [0, 0.05) is 29.1 Å². The van der Waals surface area contributed by atoms with Crippen molar-refractivity contribution in [1.29, 1.82) is 0 Å². The molecule has 1 N–H and O–H groups in total. The Morgan fingerprint density at radius 3 is 2.24 bits per heavy atom. The fraction of sp³-hybridized carbons (Fsp3) is 0.259. The molecule has 3 aromatic carbocycles. The molecule has 34 heavy (non-hydrogen) atoms. The summed E-state index contributed by atoms with van der Waals surface area (Å²) in [6.45, 7) is 3.87. The largest absolute Gasteiger partial charge is 0.352 e. The van der Waals surface area contributed by atoms with Gasteiger partial charge in [-0.3, -0.25) is 9.59 Å². The molecule has 1 atom stereocenters. The highest BCUT2D eigenvalue weighted by Crippen LogP contribution is 2.24. The normalized spacial score (nSPS) is 11.8. The van der Waals surface area contributed by atoms with E-state index in [0.717, 1.165) is 5.56 Å². The Bertz CT molecular complexity index is 1120. The van der Waals surface area contributed by atoms with Gasteiger partial charge in [-0.2, -0.15) is 0 Å². The van der Waals surface area contributed by atoms with E-state index in [1.165, 1.54) is 12.1 Å². The Balaban J connectivity index is 1.99. The number of nitrogens with one attached hydrogen (secondary N) is 1. The van der Waals surface area contributed by atoms with Gasteiger partial charge in [-0.25, -0.2) is 4.39 Å². The minimum Gasteiger partial charge on any atom is -0.352 e. The van der Waals surface area contributed by atoms with Crippen molar-refractivity contribution in [3.8, 4) is 0 Å². The molecule has 0 spiro atoms. The van der Waals surface area contributed by atoms with Crippen LogP contribution in [0, 0.1) is 5.82 Å². The molecule has 0 saturated heterocycles. The van der Waals surface area contributed by atoms with Gasteiger partial charge >= 0.3 is 0 Å². The van der Waals surface area contributed by atoms with Crippen molar-refractivity contribution >= 4 is 35.0 Å². The van der Waals surface area contributed by atoms with Crippen LogP contribution in [0.3, 0.4) is 0 Å². The average molecular weight is 501 g/mol. The molecule has 7 heteroatoms. The predicted octanol–water partition coefficient (Wildman–Crippen LogP) is 5.84. The number of amides is 2. The minimum atomic E-state index is -0.774. The molecule has 0 aliphatic heterocycles. The van der Waals surface area contributed by atoms with Crippen LogP contribution < -0.4 is 5.32 Å². The third-order valence-electron chi connectivity index (χ3n) is 5.33.